The topological polar surface area (TPSA) is 55.5 Å². The van der Waals surface area contributed by atoms with Gasteiger partial charge in [0, 0.05) is 12.2 Å². The number of rotatable bonds is 5. The fourth-order valence-corrected chi connectivity index (χ4v) is 2.62. The van der Waals surface area contributed by atoms with E-state index in [2.05, 4.69) is 15.9 Å². The van der Waals surface area contributed by atoms with Crippen molar-refractivity contribution in [1.82, 2.24) is 0 Å². The van der Waals surface area contributed by atoms with E-state index in [9.17, 15) is 4.39 Å². The molecule has 21 heavy (non-hydrogen) atoms. The van der Waals surface area contributed by atoms with Crippen LogP contribution in [0.5, 0.6) is 11.5 Å². The van der Waals surface area contributed by atoms with Crippen molar-refractivity contribution in [2.75, 3.05) is 6.61 Å². The molecule has 3 N–H and O–H groups in total. The van der Waals surface area contributed by atoms with E-state index in [-0.39, 0.29) is 21.8 Å². The smallest absolute Gasteiger partial charge is 0.180 e. The summed E-state index contributed by atoms with van der Waals surface area (Å²) in [7, 11) is 0. The summed E-state index contributed by atoms with van der Waals surface area (Å²) in [6.45, 7) is 0.0856. The van der Waals surface area contributed by atoms with Crippen LogP contribution in [0.1, 0.15) is 11.1 Å². The minimum absolute atomic E-state index is 0.0804. The summed E-state index contributed by atoms with van der Waals surface area (Å²) in [6.07, 6.45) is 0.572. The SMILES string of the molecule is NC(=S)c1ccc(Oc2ccc(CCO)cc2)c(F)c1Br. The van der Waals surface area contributed by atoms with E-state index < -0.39 is 5.82 Å². The van der Waals surface area contributed by atoms with Crippen molar-refractivity contribution in [1.29, 1.82) is 0 Å². The number of benzene rings is 2. The van der Waals surface area contributed by atoms with Crippen molar-refractivity contribution in [2.24, 2.45) is 5.73 Å². The molecule has 0 heterocycles. The maximum absolute atomic E-state index is 14.2. The third-order valence-electron chi connectivity index (χ3n) is 2.86. The Labute approximate surface area is 135 Å². The number of nitrogens with two attached hydrogens (primary N) is 1. The van der Waals surface area contributed by atoms with Gasteiger partial charge in [-0.05, 0) is 52.2 Å². The van der Waals surface area contributed by atoms with Crippen molar-refractivity contribution in [3.63, 3.8) is 0 Å². The van der Waals surface area contributed by atoms with E-state index in [1.54, 1.807) is 18.2 Å². The molecule has 0 fully saturated rings. The minimum atomic E-state index is -0.556. The predicted molar refractivity (Wildman–Crippen MR) is 87.3 cm³/mol. The van der Waals surface area contributed by atoms with E-state index in [1.165, 1.54) is 6.07 Å². The molecular weight excluding hydrogens is 357 g/mol. The lowest BCUT2D eigenvalue weighted by molar-refractivity contribution is 0.299. The Balaban J connectivity index is 2.23. The molecule has 0 aliphatic rings. The Hall–Kier alpha value is -1.50. The molecule has 0 aliphatic heterocycles. The Morgan fingerprint density at radius 3 is 2.48 bits per heavy atom. The average molecular weight is 370 g/mol. The van der Waals surface area contributed by atoms with E-state index >= 15 is 0 Å². The summed E-state index contributed by atoms with van der Waals surface area (Å²) < 4.78 is 19.9. The molecule has 0 saturated heterocycles. The second-order valence-corrected chi connectivity index (χ2v) is 5.56. The number of aliphatic hydroxyl groups excluding tert-OH is 1. The highest BCUT2D eigenvalue weighted by Gasteiger charge is 2.14. The van der Waals surface area contributed by atoms with Crippen molar-refractivity contribution in [3.05, 3.63) is 57.8 Å². The molecule has 0 spiro atoms. The zero-order valence-corrected chi connectivity index (χ0v) is 13.4. The summed E-state index contributed by atoms with van der Waals surface area (Å²) >= 11 is 7.97. The molecule has 0 atom stereocenters. The normalized spacial score (nSPS) is 10.4. The van der Waals surface area contributed by atoms with Crippen LogP contribution in [0.15, 0.2) is 40.9 Å². The van der Waals surface area contributed by atoms with Gasteiger partial charge in [-0.15, -0.1) is 0 Å². The first-order valence-electron chi connectivity index (χ1n) is 6.18. The molecular formula is C15H13BrFNO2S. The number of thiocarbonyl (C=S) groups is 1. The molecule has 0 unspecified atom stereocenters. The first kappa shape index (κ1) is 15.9. The van der Waals surface area contributed by atoms with Crippen LogP contribution in [0.3, 0.4) is 0 Å². The molecule has 3 nitrogen and oxygen atoms in total. The molecule has 6 heteroatoms. The number of hydrogen-bond acceptors (Lipinski definition) is 3. The van der Waals surface area contributed by atoms with Gasteiger partial charge >= 0.3 is 0 Å². The quantitative estimate of drug-likeness (QED) is 0.791. The Bertz CT molecular complexity index is 661. The highest BCUT2D eigenvalue weighted by atomic mass is 79.9. The van der Waals surface area contributed by atoms with Crippen LogP contribution < -0.4 is 10.5 Å². The molecule has 0 bridgehead atoms. The van der Waals surface area contributed by atoms with Crippen LogP contribution in [-0.2, 0) is 6.42 Å². The van der Waals surface area contributed by atoms with E-state index in [0.29, 0.717) is 17.7 Å². The minimum Gasteiger partial charge on any atom is -0.454 e. The maximum Gasteiger partial charge on any atom is 0.180 e. The maximum atomic E-state index is 14.2. The van der Waals surface area contributed by atoms with Crippen molar-refractivity contribution in [2.45, 2.75) is 6.42 Å². The van der Waals surface area contributed by atoms with Gasteiger partial charge < -0.3 is 15.6 Å². The first-order chi connectivity index (χ1) is 10.0. The largest absolute Gasteiger partial charge is 0.454 e. The first-order valence-corrected chi connectivity index (χ1v) is 7.38. The predicted octanol–water partition coefficient (Wildman–Crippen LogP) is 3.55. The van der Waals surface area contributed by atoms with Gasteiger partial charge in [-0.3, -0.25) is 0 Å². The molecule has 2 aromatic rings. The third kappa shape index (κ3) is 3.78. The second-order valence-electron chi connectivity index (χ2n) is 4.32. The summed E-state index contributed by atoms with van der Waals surface area (Å²) in [4.78, 5) is 0.112. The average Bonchev–Trinajstić information content (AvgIpc) is 2.46. The van der Waals surface area contributed by atoms with Gasteiger partial charge in [0.2, 0.25) is 0 Å². The van der Waals surface area contributed by atoms with Gasteiger partial charge in [0.1, 0.15) is 10.7 Å². The van der Waals surface area contributed by atoms with E-state index in [1.807, 2.05) is 12.1 Å². The molecule has 0 aliphatic carbocycles. The Morgan fingerprint density at radius 2 is 1.90 bits per heavy atom. The Morgan fingerprint density at radius 1 is 1.24 bits per heavy atom. The molecule has 0 amide bonds. The molecule has 0 aromatic heterocycles. The summed E-state index contributed by atoms with van der Waals surface area (Å²) in [6, 6.07) is 10.2. The van der Waals surface area contributed by atoms with Crippen LogP contribution in [-0.4, -0.2) is 16.7 Å². The van der Waals surface area contributed by atoms with Crippen molar-refractivity contribution in [3.8, 4) is 11.5 Å². The summed E-state index contributed by atoms with van der Waals surface area (Å²) in [5, 5.41) is 8.86. The Kier molecular flexibility index (Phi) is 5.27. The lowest BCUT2D eigenvalue weighted by Crippen LogP contribution is -2.11. The van der Waals surface area contributed by atoms with Crippen LogP contribution in [0.2, 0.25) is 0 Å². The second kappa shape index (κ2) is 6.98. The fraction of sp³-hybridized carbons (Fsp3) is 0.133. The number of ether oxygens (including phenoxy) is 1. The monoisotopic (exact) mass is 369 g/mol. The number of hydrogen-bond donors (Lipinski definition) is 2. The van der Waals surface area contributed by atoms with Gasteiger partial charge in [-0.2, -0.15) is 0 Å². The van der Waals surface area contributed by atoms with Gasteiger partial charge in [0.15, 0.2) is 11.6 Å². The van der Waals surface area contributed by atoms with Crippen molar-refractivity contribution >= 4 is 33.1 Å². The van der Waals surface area contributed by atoms with Crippen molar-refractivity contribution < 1.29 is 14.2 Å². The van der Waals surface area contributed by atoms with Gasteiger partial charge in [0.25, 0.3) is 0 Å². The molecule has 0 saturated carbocycles. The molecule has 2 rings (SSSR count). The summed E-state index contributed by atoms with van der Waals surface area (Å²) in [5.41, 5.74) is 6.91. The lowest BCUT2D eigenvalue weighted by atomic mass is 10.1. The summed E-state index contributed by atoms with van der Waals surface area (Å²) in [5.74, 6) is 0.0297. The standard InChI is InChI=1S/C15H13BrFNO2S/c16-13-11(15(18)21)5-6-12(14(13)17)20-10-3-1-9(2-4-10)7-8-19/h1-6,19H,7-8H2,(H2,18,21). The zero-order valence-electron chi connectivity index (χ0n) is 11.0. The van der Waals surface area contributed by atoms with Gasteiger partial charge in [-0.25, -0.2) is 4.39 Å². The van der Waals surface area contributed by atoms with Gasteiger partial charge in [-0.1, -0.05) is 24.4 Å². The molecule has 110 valence electrons. The lowest BCUT2D eigenvalue weighted by Gasteiger charge is -2.10. The number of halogens is 2. The highest BCUT2D eigenvalue weighted by Crippen LogP contribution is 2.31. The molecule has 0 radical (unpaired) electrons. The van der Waals surface area contributed by atoms with E-state index in [0.717, 1.165) is 5.56 Å². The fourth-order valence-electron chi connectivity index (χ4n) is 1.78. The third-order valence-corrected chi connectivity index (χ3v) is 3.86. The van der Waals surface area contributed by atoms with Crippen LogP contribution in [0, 0.1) is 5.82 Å². The van der Waals surface area contributed by atoms with Gasteiger partial charge in [0.05, 0.1) is 4.47 Å². The zero-order chi connectivity index (χ0) is 15.4. The van der Waals surface area contributed by atoms with E-state index in [4.69, 9.17) is 27.8 Å². The van der Waals surface area contributed by atoms with Crippen LogP contribution >= 0.6 is 28.1 Å². The molecule has 2 aromatic carbocycles. The highest BCUT2D eigenvalue weighted by molar-refractivity contribution is 9.10. The van der Waals surface area contributed by atoms with Crippen LogP contribution in [0.4, 0.5) is 4.39 Å². The number of aliphatic hydroxyl groups is 1. The van der Waals surface area contributed by atoms with Crippen LogP contribution in [0.25, 0.3) is 0 Å².